The molecule has 3 rings (SSSR count). The van der Waals surface area contributed by atoms with Gasteiger partial charge in [-0.1, -0.05) is 12.0 Å². The Balaban J connectivity index is 1.72. The summed E-state index contributed by atoms with van der Waals surface area (Å²) in [7, 11) is 4.97. The fraction of sp³-hybridized carbons (Fsp3) is 0.400. The van der Waals surface area contributed by atoms with Crippen molar-refractivity contribution in [3.8, 4) is 18.1 Å². The van der Waals surface area contributed by atoms with Gasteiger partial charge in [-0.15, -0.1) is 6.42 Å². The average Bonchev–Trinajstić information content (AvgIpc) is 2.85. The predicted molar refractivity (Wildman–Crippen MR) is 134 cm³/mol. The summed E-state index contributed by atoms with van der Waals surface area (Å²) < 4.78 is 10.9. The number of rotatable bonds is 9. The van der Waals surface area contributed by atoms with E-state index in [1.54, 1.807) is 24.1 Å². The summed E-state index contributed by atoms with van der Waals surface area (Å²) in [6.07, 6.45) is 7.32. The highest BCUT2D eigenvalue weighted by atomic mass is 16.5. The Hall–Kier alpha value is -4.01. The molecule has 1 fully saturated rings. The van der Waals surface area contributed by atoms with Gasteiger partial charge in [-0.25, -0.2) is 14.8 Å². The molecule has 0 radical (unpaired) electrons. The lowest BCUT2D eigenvalue weighted by Crippen LogP contribution is -2.48. The van der Waals surface area contributed by atoms with Crippen LogP contribution in [0.1, 0.15) is 28.5 Å². The molecule has 0 unspecified atom stereocenters. The van der Waals surface area contributed by atoms with Gasteiger partial charge in [-0.05, 0) is 20.0 Å². The molecule has 190 valence electrons. The van der Waals surface area contributed by atoms with Gasteiger partial charge in [0, 0.05) is 51.6 Å². The number of nitrogens with zero attached hydrogens (tertiary/aromatic N) is 5. The van der Waals surface area contributed by atoms with Crippen LogP contribution in [-0.2, 0) is 16.1 Å². The first-order valence-electron chi connectivity index (χ1n) is 11.3. The number of amides is 3. The van der Waals surface area contributed by atoms with Crippen LogP contribution in [0.4, 0.5) is 16.4 Å². The molecular weight excluding hydrogens is 464 g/mol. The van der Waals surface area contributed by atoms with Crippen LogP contribution in [-0.4, -0.2) is 91.5 Å². The number of likely N-dealkylation sites (N-methyl/N-ethyl adjacent to an activating group) is 1. The zero-order chi connectivity index (χ0) is 26.2. The molecule has 2 aromatic heterocycles. The average molecular weight is 495 g/mol. The number of carbonyl (C=O) groups is 3. The van der Waals surface area contributed by atoms with Gasteiger partial charge in [-0.2, -0.15) is 0 Å². The van der Waals surface area contributed by atoms with E-state index in [1.807, 2.05) is 18.9 Å². The fourth-order valence-corrected chi connectivity index (χ4v) is 3.61. The SMILES string of the molecule is C#Cc1cnc(NC(=O)N(C)c2ccc(CN3CCN(C)CC3=O)c(C=O)n2)cc1O[C@H](C)COC. The number of methoxy groups -OCH3 is 1. The van der Waals surface area contributed by atoms with Crippen LogP contribution in [0.2, 0.25) is 0 Å². The maximum atomic E-state index is 12.9. The second-order valence-corrected chi connectivity index (χ2v) is 8.47. The van der Waals surface area contributed by atoms with Crippen molar-refractivity contribution >= 4 is 29.9 Å². The number of carbonyl (C=O) groups excluding carboxylic acids is 3. The van der Waals surface area contributed by atoms with Crippen LogP contribution < -0.4 is 15.0 Å². The number of aldehydes is 1. The molecule has 2 aromatic rings. The van der Waals surface area contributed by atoms with E-state index in [0.717, 1.165) is 6.54 Å². The smallest absolute Gasteiger partial charge is 0.328 e. The lowest BCUT2D eigenvalue weighted by Gasteiger charge is -2.32. The first kappa shape index (κ1) is 26.6. The summed E-state index contributed by atoms with van der Waals surface area (Å²) in [6, 6.07) is 4.33. The van der Waals surface area contributed by atoms with Crippen molar-refractivity contribution in [2.45, 2.75) is 19.6 Å². The van der Waals surface area contributed by atoms with E-state index < -0.39 is 6.03 Å². The third-order valence-corrected chi connectivity index (χ3v) is 5.61. The quantitative estimate of drug-likeness (QED) is 0.413. The predicted octanol–water partition coefficient (Wildman–Crippen LogP) is 1.63. The van der Waals surface area contributed by atoms with Crippen LogP contribution in [0.15, 0.2) is 24.4 Å². The van der Waals surface area contributed by atoms with Gasteiger partial charge >= 0.3 is 6.03 Å². The molecule has 1 aliphatic heterocycles. The van der Waals surface area contributed by atoms with E-state index in [-0.39, 0.29) is 35.9 Å². The van der Waals surface area contributed by atoms with Crippen molar-refractivity contribution < 1.29 is 23.9 Å². The second-order valence-electron chi connectivity index (χ2n) is 8.47. The minimum atomic E-state index is -0.529. The standard InChI is InChI=1S/C25H30N6O5/c1-6-18-12-26-22(11-21(18)36-17(2)16-35-5)28-25(34)30(4)23-8-7-19(20(15-32)27-23)13-31-10-9-29(3)14-24(31)33/h1,7-8,11-12,15,17H,9-10,13-14,16H2,2-5H3,(H,26,28,34)/t17-/m1/s1. The molecule has 0 aliphatic carbocycles. The summed E-state index contributed by atoms with van der Waals surface area (Å²) >= 11 is 0. The summed E-state index contributed by atoms with van der Waals surface area (Å²) in [5.41, 5.74) is 1.22. The summed E-state index contributed by atoms with van der Waals surface area (Å²) in [4.78, 5) is 50.3. The van der Waals surface area contributed by atoms with Crippen LogP contribution in [0.5, 0.6) is 5.75 Å². The molecule has 0 saturated carbocycles. The van der Waals surface area contributed by atoms with Gasteiger partial charge in [0.25, 0.3) is 0 Å². The molecule has 0 spiro atoms. The highest BCUT2D eigenvalue weighted by molar-refractivity contribution is 6.00. The highest BCUT2D eigenvalue weighted by Gasteiger charge is 2.23. The zero-order valence-corrected chi connectivity index (χ0v) is 20.9. The van der Waals surface area contributed by atoms with Gasteiger partial charge in [0.15, 0.2) is 6.29 Å². The number of piperazine rings is 1. The normalized spacial score (nSPS) is 14.6. The Bertz CT molecular complexity index is 1160. The molecule has 3 heterocycles. The zero-order valence-electron chi connectivity index (χ0n) is 20.9. The second kappa shape index (κ2) is 12.1. The number of nitrogens with one attached hydrogen (secondary N) is 1. The Morgan fingerprint density at radius 2 is 2.17 bits per heavy atom. The molecule has 1 aliphatic rings. The summed E-state index contributed by atoms with van der Waals surface area (Å²) in [6.45, 7) is 4.12. The molecule has 0 bridgehead atoms. The molecular formula is C25H30N6O5. The number of anilines is 2. The number of urea groups is 1. The van der Waals surface area contributed by atoms with Crippen molar-refractivity contribution in [2.24, 2.45) is 0 Å². The minimum Gasteiger partial charge on any atom is -0.487 e. The molecule has 1 atom stereocenters. The van der Waals surface area contributed by atoms with Crippen molar-refractivity contribution in [3.05, 3.63) is 41.2 Å². The Kier molecular flexibility index (Phi) is 8.94. The lowest BCUT2D eigenvalue weighted by atomic mass is 10.1. The first-order chi connectivity index (χ1) is 17.2. The number of terminal acetylenes is 1. The number of aromatic nitrogens is 2. The van der Waals surface area contributed by atoms with Crippen molar-refractivity contribution in [1.82, 2.24) is 19.8 Å². The molecule has 11 nitrogen and oxygen atoms in total. The van der Waals surface area contributed by atoms with Crippen molar-refractivity contribution in [2.75, 3.05) is 57.7 Å². The largest absolute Gasteiger partial charge is 0.487 e. The third kappa shape index (κ3) is 6.56. The van der Waals surface area contributed by atoms with Gasteiger partial charge in [0.05, 0.1) is 18.7 Å². The maximum Gasteiger partial charge on any atom is 0.328 e. The van der Waals surface area contributed by atoms with Gasteiger partial charge in [0.1, 0.15) is 29.2 Å². The van der Waals surface area contributed by atoms with Crippen molar-refractivity contribution in [1.29, 1.82) is 0 Å². The van der Waals surface area contributed by atoms with Gasteiger partial charge < -0.3 is 14.4 Å². The maximum absolute atomic E-state index is 12.9. The van der Waals surface area contributed by atoms with Gasteiger partial charge in [-0.3, -0.25) is 24.7 Å². The summed E-state index contributed by atoms with van der Waals surface area (Å²) in [5, 5.41) is 2.68. The van der Waals surface area contributed by atoms with E-state index in [0.29, 0.717) is 42.9 Å². The van der Waals surface area contributed by atoms with E-state index in [4.69, 9.17) is 15.9 Å². The summed E-state index contributed by atoms with van der Waals surface area (Å²) in [5.74, 6) is 3.37. The monoisotopic (exact) mass is 494 g/mol. The number of hydrogen-bond donors (Lipinski definition) is 1. The Morgan fingerprint density at radius 3 is 2.83 bits per heavy atom. The van der Waals surface area contributed by atoms with Crippen molar-refractivity contribution in [3.63, 3.8) is 0 Å². The topological polar surface area (TPSA) is 117 Å². The number of ether oxygens (including phenoxy) is 2. The highest BCUT2D eigenvalue weighted by Crippen LogP contribution is 2.23. The van der Waals surface area contributed by atoms with E-state index in [2.05, 4.69) is 21.2 Å². The molecule has 1 N–H and O–H groups in total. The van der Waals surface area contributed by atoms with Crippen LogP contribution in [0, 0.1) is 12.3 Å². The first-order valence-corrected chi connectivity index (χ1v) is 11.3. The van der Waals surface area contributed by atoms with E-state index in [9.17, 15) is 14.4 Å². The molecule has 3 amide bonds. The van der Waals surface area contributed by atoms with Gasteiger partial charge in [0.2, 0.25) is 5.91 Å². The Morgan fingerprint density at radius 1 is 1.39 bits per heavy atom. The molecule has 11 heteroatoms. The van der Waals surface area contributed by atoms with Crippen LogP contribution in [0.25, 0.3) is 0 Å². The molecule has 36 heavy (non-hydrogen) atoms. The molecule has 0 aromatic carbocycles. The van der Waals surface area contributed by atoms with E-state index in [1.165, 1.54) is 24.2 Å². The number of pyridine rings is 2. The van der Waals surface area contributed by atoms with E-state index >= 15 is 0 Å². The number of hydrogen-bond acceptors (Lipinski definition) is 8. The van der Waals surface area contributed by atoms with Crippen LogP contribution in [0.3, 0.4) is 0 Å². The minimum absolute atomic E-state index is 0.00973. The fourth-order valence-electron chi connectivity index (χ4n) is 3.61. The third-order valence-electron chi connectivity index (χ3n) is 5.61. The van der Waals surface area contributed by atoms with Crippen LogP contribution >= 0.6 is 0 Å². The molecule has 1 saturated heterocycles. The lowest BCUT2D eigenvalue weighted by molar-refractivity contribution is -0.136. The Labute approximate surface area is 210 Å².